The number of piperidine rings is 1. The Morgan fingerprint density at radius 1 is 1.33 bits per heavy atom. The highest BCUT2D eigenvalue weighted by Gasteiger charge is 2.31. The number of hydrogen-bond acceptors (Lipinski definition) is 3. The van der Waals surface area contributed by atoms with Crippen LogP contribution in [0.1, 0.15) is 25.7 Å². The zero-order chi connectivity index (χ0) is 10.8. The summed E-state index contributed by atoms with van der Waals surface area (Å²) in [6.07, 6.45) is 4.63. The normalized spacial score (nSPS) is 34.4. The van der Waals surface area contributed by atoms with Crippen LogP contribution in [0.25, 0.3) is 0 Å². The monoisotopic (exact) mass is 324 g/mol. The molecule has 4 heteroatoms. The van der Waals surface area contributed by atoms with Gasteiger partial charge in [0.1, 0.15) is 0 Å². The summed E-state index contributed by atoms with van der Waals surface area (Å²) in [6, 6.07) is 0.651. The molecule has 2 rings (SSSR count). The Hall–Kier alpha value is 0.610. The second-order valence-corrected chi connectivity index (χ2v) is 6.44. The SMILES string of the molecule is CN(CC1CCN(I)CC1)C1CC(O)C1. The van der Waals surface area contributed by atoms with E-state index in [2.05, 4.69) is 37.9 Å². The molecule has 2 fully saturated rings. The van der Waals surface area contributed by atoms with E-state index in [1.807, 2.05) is 0 Å². The molecule has 0 unspecified atom stereocenters. The van der Waals surface area contributed by atoms with Crippen molar-refractivity contribution in [2.24, 2.45) is 5.92 Å². The van der Waals surface area contributed by atoms with Gasteiger partial charge in [-0.3, -0.25) is 0 Å². The van der Waals surface area contributed by atoms with Crippen LogP contribution in [0.4, 0.5) is 0 Å². The van der Waals surface area contributed by atoms with Gasteiger partial charge in [-0.15, -0.1) is 0 Å². The largest absolute Gasteiger partial charge is 0.393 e. The molecule has 1 aliphatic heterocycles. The molecule has 0 aromatic carbocycles. The molecule has 2 aliphatic rings. The second-order valence-electron chi connectivity index (χ2n) is 5.07. The minimum absolute atomic E-state index is 0.0198. The van der Waals surface area contributed by atoms with E-state index in [1.165, 1.54) is 32.5 Å². The molecule has 0 bridgehead atoms. The molecule has 0 aromatic heterocycles. The molecule has 0 atom stereocenters. The molecule has 0 aromatic rings. The molecular weight excluding hydrogens is 303 g/mol. The Bertz CT molecular complexity index is 201. The van der Waals surface area contributed by atoms with Crippen LogP contribution in [-0.2, 0) is 0 Å². The third-order valence-electron chi connectivity index (χ3n) is 3.82. The number of rotatable bonds is 3. The summed E-state index contributed by atoms with van der Waals surface area (Å²) in [5.41, 5.74) is 0. The van der Waals surface area contributed by atoms with Crippen molar-refractivity contribution in [1.82, 2.24) is 8.01 Å². The summed E-state index contributed by atoms with van der Waals surface area (Å²) < 4.78 is 2.39. The average Bonchev–Trinajstić information content (AvgIpc) is 2.17. The zero-order valence-electron chi connectivity index (χ0n) is 9.40. The summed E-state index contributed by atoms with van der Waals surface area (Å²) in [7, 11) is 2.22. The smallest absolute Gasteiger partial charge is 0.0570 e. The van der Waals surface area contributed by atoms with E-state index < -0.39 is 0 Å². The van der Waals surface area contributed by atoms with Gasteiger partial charge in [-0.05, 0) is 38.6 Å². The Morgan fingerprint density at radius 3 is 2.47 bits per heavy atom. The first-order valence-corrected chi connectivity index (χ1v) is 6.90. The van der Waals surface area contributed by atoms with Crippen LogP contribution in [0, 0.1) is 5.92 Å². The topological polar surface area (TPSA) is 26.7 Å². The van der Waals surface area contributed by atoms with Crippen LogP contribution in [0.5, 0.6) is 0 Å². The van der Waals surface area contributed by atoms with Crippen molar-refractivity contribution in [3.63, 3.8) is 0 Å². The molecule has 1 saturated carbocycles. The Balaban J connectivity index is 1.68. The summed E-state index contributed by atoms with van der Waals surface area (Å²) in [4.78, 5) is 2.46. The minimum Gasteiger partial charge on any atom is -0.393 e. The van der Waals surface area contributed by atoms with Crippen molar-refractivity contribution in [1.29, 1.82) is 0 Å². The zero-order valence-corrected chi connectivity index (χ0v) is 11.6. The lowest BCUT2D eigenvalue weighted by atomic mass is 9.87. The molecule has 1 heterocycles. The minimum atomic E-state index is -0.0198. The van der Waals surface area contributed by atoms with Crippen LogP contribution in [-0.4, -0.2) is 51.9 Å². The first kappa shape index (κ1) is 12.1. The fourth-order valence-electron chi connectivity index (χ4n) is 2.56. The van der Waals surface area contributed by atoms with Crippen LogP contribution in [0.2, 0.25) is 0 Å². The molecule has 1 N–H and O–H groups in total. The number of aliphatic hydroxyl groups is 1. The molecule has 0 radical (unpaired) electrons. The van der Waals surface area contributed by atoms with E-state index in [1.54, 1.807) is 0 Å². The quantitative estimate of drug-likeness (QED) is 0.630. The van der Waals surface area contributed by atoms with Crippen molar-refractivity contribution < 1.29 is 5.11 Å². The fraction of sp³-hybridized carbons (Fsp3) is 1.00. The maximum atomic E-state index is 9.27. The van der Waals surface area contributed by atoms with Gasteiger partial charge in [0, 0.05) is 48.5 Å². The number of halogens is 1. The molecule has 0 spiro atoms. The molecule has 0 amide bonds. The van der Waals surface area contributed by atoms with E-state index >= 15 is 0 Å². The molecular formula is C11H21IN2O. The first-order valence-electron chi connectivity index (χ1n) is 5.94. The highest BCUT2D eigenvalue weighted by molar-refractivity contribution is 14.1. The highest BCUT2D eigenvalue weighted by Crippen LogP contribution is 2.27. The standard InChI is InChI=1S/C11H21IN2O/c1-13(10-6-11(15)7-10)8-9-2-4-14(12)5-3-9/h9-11,15H,2-8H2,1H3. The van der Waals surface area contributed by atoms with Crippen LogP contribution < -0.4 is 0 Å². The molecule has 1 aliphatic carbocycles. The van der Waals surface area contributed by atoms with Crippen molar-refractivity contribution in [2.75, 3.05) is 26.7 Å². The van der Waals surface area contributed by atoms with E-state index in [0.29, 0.717) is 6.04 Å². The van der Waals surface area contributed by atoms with Gasteiger partial charge in [0.15, 0.2) is 0 Å². The van der Waals surface area contributed by atoms with Gasteiger partial charge in [0.25, 0.3) is 0 Å². The number of nitrogens with zero attached hydrogens (tertiary/aromatic N) is 2. The second kappa shape index (κ2) is 5.29. The van der Waals surface area contributed by atoms with Gasteiger partial charge in [0.2, 0.25) is 0 Å². The maximum Gasteiger partial charge on any atom is 0.0570 e. The van der Waals surface area contributed by atoms with Crippen molar-refractivity contribution in [3.05, 3.63) is 0 Å². The predicted molar refractivity (Wildman–Crippen MR) is 70.0 cm³/mol. The summed E-state index contributed by atoms with van der Waals surface area (Å²) in [6.45, 7) is 3.71. The third-order valence-corrected chi connectivity index (χ3v) is 4.78. The van der Waals surface area contributed by atoms with E-state index in [0.717, 1.165) is 18.8 Å². The van der Waals surface area contributed by atoms with Crippen LogP contribution >= 0.6 is 22.9 Å². The van der Waals surface area contributed by atoms with Gasteiger partial charge < -0.3 is 10.0 Å². The van der Waals surface area contributed by atoms with E-state index in [-0.39, 0.29) is 6.10 Å². The van der Waals surface area contributed by atoms with Gasteiger partial charge in [-0.25, -0.2) is 3.11 Å². The Morgan fingerprint density at radius 2 is 1.93 bits per heavy atom. The van der Waals surface area contributed by atoms with Gasteiger partial charge in [-0.2, -0.15) is 0 Å². The van der Waals surface area contributed by atoms with Crippen molar-refractivity contribution >= 4 is 22.9 Å². The molecule has 1 saturated heterocycles. The average molecular weight is 324 g/mol. The van der Waals surface area contributed by atoms with Crippen molar-refractivity contribution in [2.45, 2.75) is 37.8 Å². The van der Waals surface area contributed by atoms with E-state index in [9.17, 15) is 5.11 Å². The summed E-state index contributed by atoms with van der Waals surface area (Å²) >= 11 is 2.42. The van der Waals surface area contributed by atoms with Gasteiger partial charge in [-0.1, -0.05) is 0 Å². The lowest BCUT2D eigenvalue weighted by Crippen LogP contribution is -2.47. The van der Waals surface area contributed by atoms with Crippen molar-refractivity contribution in [3.8, 4) is 0 Å². The lowest BCUT2D eigenvalue weighted by molar-refractivity contribution is 0.00460. The van der Waals surface area contributed by atoms with Crippen LogP contribution in [0.15, 0.2) is 0 Å². The third kappa shape index (κ3) is 3.28. The maximum absolute atomic E-state index is 9.27. The fourth-order valence-corrected chi connectivity index (χ4v) is 3.12. The number of aliphatic hydroxyl groups excluding tert-OH is 1. The highest BCUT2D eigenvalue weighted by atomic mass is 127. The Kier molecular flexibility index (Phi) is 4.26. The molecule has 88 valence electrons. The van der Waals surface area contributed by atoms with E-state index in [4.69, 9.17) is 0 Å². The van der Waals surface area contributed by atoms with Crippen LogP contribution in [0.3, 0.4) is 0 Å². The lowest BCUT2D eigenvalue weighted by Gasteiger charge is -2.41. The summed E-state index contributed by atoms with van der Waals surface area (Å²) in [5.74, 6) is 0.874. The number of hydrogen-bond donors (Lipinski definition) is 1. The molecule has 15 heavy (non-hydrogen) atoms. The molecule has 3 nitrogen and oxygen atoms in total. The summed E-state index contributed by atoms with van der Waals surface area (Å²) in [5, 5.41) is 9.27. The predicted octanol–water partition coefficient (Wildman–Crippen LogP) is 1.50. The van der Waals surface area contributed by atoms with Gasteiger partial charge in [0.05, 0.1) is 6.10 Å². The first-order chi connectivity index (χ1) is 7.15. The van der Waals surface area contributed by atoms with Gasteiger partial charge >= 0.3 is 0 Å². The Labute approximate surface area is 106 Å².